The average molecular weight is 406 g/mol. The van der Waals surface area contributed by atoms with Crippen LogP contribution in [0.5, 0.6) is 0 Å². The van der Waals surface area contributed by atoms with Crippen molar-refractivity contribution in [1.29, 1.82) is 0 Å². The summed E-state index contributed by atoms with van der Waals surface area (Å²) in [6.07, 6.45) is 0. The Balaban J connectivity index is 2.22. The van der Waals surface area contributed by atoms with Gasteiger partial charge in [0.05, 0.1) is 9.79 Å². The van der Waals surface area contributed by atoms with Gasteiger partial charge in [-0.1, -0.05) is 12.1 Å². The van der Waals surface area contributed by atoms with Gasteiger partial charge in [0.25, 0.3) is 0 Å². The van der Waals surface area contributed by atoms with Crippen LogP contribution < -0.4 is 11.5 Å². The highest BCUT2D eigenvalue weighted by molar-refractivity contribution is 9.11. The number of halogens is 2. The molecule has 0 saturated carbocycles. The summed E-state index contributed by atoms with van der Waals surface area (Å²) in [5.74, 6) is 0. The second-order valence-electron chi connectivity index (χ2n) is 3.48. The van der Waals surface area contributed by atoms with Crippen molar-refractivity contribution in [2.75, 3.05) is 11.5 Å². The first-order chi connectivity index (χ1) is 8.59. The average Bonchev–Trinajstić information content (AvgIpc) is 2.31. The summed E-state index contributed by atoms with van der Waals surface area (Å²) < 4.78 is 1.98. The maximum Gasteiger partial charge on any atom is 0.0557 e. The summed E-state index contributed by atoms with van der Waals surface area (Å²) in [4.78, 5) is 2.02. The molecule has 0 heterocycles. The number of anilines is 2. The third-order valence-corrected chi connectivity index (χ3v) is 6.63. The summed E-state index contributed by atoms with van der Waals surface area (Å²) in [5.41, 5.74) is 13.4. The fraction of sp³-hybridized carbons (Fsp3) is 0. The van der Waals surface area contributed by atoms with Crippen LogP contribution in [0.2, 0.25) is 0 Å². The lowest BCUT2D eigenvalue weighted by molar-refractivity contribution is 1.41. The molecule has 0 radical (unpaired) electrons. The number of rotatable bonds is 3. The summed E-state index contributed by atoms with van der Waals surface area (Å²) in [6.45, 7) is 0. The van der Waals surface area contributed by atoms with Crippen LogP contribution in [0.4, 0.5) is 11.4 Å². The topological polar surface area (TPSA) is 52.0 Å². The lowest BCUT2D eigenvalue weighted by Gasteiger charge is -2.09. The largest absolute Gasteiger partial charge is 0.398 e. The van der Waals surface area contributed by atoms with Crippen LogP contribution in [0, 0.1) is 0 Å². The molecule has 0 amide bonds. The molecule has 4 N–H and O–H groups in total. The summed E-state index contributed by atoms with van der Waals surface area (Å²) in [5, 5.41) is 0. The van der Waals surface area contributed by atoms with Gasteiger partial charge in [-0.25, -0.2) is 0 Å². The molecule has 0 atom stereocenters. The number of nitrogens with two attached hydrogens (primary N) is 2. The molecule has 0 saturated heterocycles. The van der Waals surface area contributed by atoms with Crippen molar-refractivity contribution >= 4 is 64.8 Å². The molecule has 2 nitrogen and oxygen atoms in total. The Bertz CT molecular complexity index is 484. The van der Waals surface area contributed by atoms with Crippen LogP contribution in [0.25, 0.3) is 0 Å². The Labute approximate surface area is 131 Å². The maximum atomic E-state index is 5.95. The van der Waals surface area contributed by atoms with Gasteiger partial charge in [0.2, 0.25) is 0 Å². The van der Waals surface area contributed by atoms with Crippen LogP contribution in [-0.4, -0.2) is 0 Å². The molecule has 2 aromatic carbocycles. The van der Waals surface area contributed by atoms with Crippen molar-refractivity contribution in [3.05, 3.63) is 45.3 Å². The smallest absolute Gasteiger partial charge is 0.0557 e. The van der Waals surface area contributed by atoms with E-state index in [4.69, 9.17) is 11.5 Å². The van der Waals surface area contributed by atoms with Gasteiger partial charge in [-0.3, -0.25) is 0 Å². The zero-order valence-corrected chi connectivity index (χ0v) is 14.0. The highest BCUT2D eigenvalue weighted by Gasteiger charge is 2.10. The number of nitrogen functional groups attached to an aromatic ring is 2. The lowest BCUT2D eigenvalue weighted by Crippen LogP contribution is -1.89. The Morgan fingerprint density at radius 1 is 0.722 bits per heavy atom. The van der Waals surface area contributed by atoms with Crippen molar-refractivity contribution in [2.45, 2.75) is 9.79 Å². The van der Waals surface area contributed by atoms with Gasteiger partial charge >= 0.3 is 0 Å². The molecular weight excluding hydrogens is 396 g/mol. The minimum atomic E-state index is 0.757. The van der Waals surface area contributed by atoms with E-state index < -0.39 is 0 Å². The Kier molecular flexibility index (Phi) is 4.89. The summed E-state index contributed by atoms with van der Waals surface area (Å²) in [6, 6.07) is 11.6. The van der Waals surface area contributed by atoms with Gasteiger partial charge in [0.15, 0.2) is 0 Å². The molecule has 0 unspecified atom stereocenters. The van der Waals surface area contributed by atoms with Crippen molar-refractivity contribution in [3.63, 3.8) is 0 Å². The lowest BCUT2D eigenvalue weighted by atomic mass is 10.3. The van der Waals surface area contributed by atoms with E-state index in [0.29, 0.717) is 0 Å². The molecule has 0 aliphatic heterocycles. The predicted octanol–water partition coefficient (Wildman–Crippen LogP) is 5.18. The molecule has 0 aliphatic rings. The third-order valence-electron chi connectivity index (χ3n) is 2.20. The van der Waals surface area contributed by atoms with Crippen molar-refractivity contribution in [1.82, 2.24) is 0 Å². The fourth-order valence-corrected chi connectivity index (χ4v) is 5.61. The minimum absolute atomic E-state index is 0.757. The van der Waals surface area contributed by atoms with E-state index in [-0.39, 0.29) is 0 Å². The van der Waals surface area contributed by atoms with Crippen molar-refractivity contribution in [3.8, 4) is 0 Å². The van der Waals surface area contributed by atoms with E-state index in [1.807, 2.05) is 36.4 Å². The second-order valence-corrected chi connectivity index (χ2v) is 7.34. The Morgan fingerprint density at radius 2 is 1.11 bits per heavy atom. The zero-order valence-electron chi connectivity index (χ0n) is 9.19. The highest BCUT2D eigenvalue weighted by Crippen LogP contribution is 2.47. The first-order valence-corrected chi connectivity index (χ1v) is 8.75. The Hall–Kier alpha value is -0.300. The molecule has 0 spiro atoms. The first-order valence-electron chi connectivity index (χ1n) is 5.02. The van der Waals surface area contributed by atoms with Gasteiger partial charge in [-0.05, 0) is 77.7 Å². The molecule has 2 aromatic rings. The Morgan fingerprint density at radius 3 is 1.44 bits per heavy atom. The van der Waals surface area contributed by atoms with E-state index in [1.165, 1.54) is 0 Å². The fourth-order valence-electron chi connectivity index (χ4n) is 1.31. The molecule has 2 rings (SSSR count). The van der Waals surface area contributed by atoms with Gasteiger partial charge < -0.3 is 11.5 Å². The zero-order chi connectivity index (χ0) is 13.1. The van der Waals surface area contributed by atoms with Gasteiger partial charge in [0.1, 0.15) is 0 Å². The summed E-state index contributed by atoms with van der Waals surface area (Å²) in [7, 11) is 3.18. The van der Waals surface area contributed by atoms with Crippen LogP contribution in [0.1, 0.15) is 0 Å². The normalized spacial score (nSPS) is 10.6. The quantitative estimate of drug-likeness (QED) is 0.545. The van der Waals surface area contributed by atoms with Crippen molar-refractivity contribution < 1.29 is 0 Å². The van der Waals surface area contributed by atoms with Gasteiger partial charge in [-0.15, -0.1) is 0 Å². The molecule has 0 aliphatic carbocycles. The highest BCUT2D eigenvalue weighted by atomic mass is 79.9. The number of hydrogen-bond acceptors (Lipinski definition) is 4. The molecular formula is C12H10Br2N2S2. The van der Waals surface area contributed by atoms with E-state index in [1.54, 1.807) is 21.6 Å². The van der Waals surface area contributed by atoms with Crippen LogP contribution in [-0.2, 0) is 0 Å². The first kappa shape index (κ1) is 14.1. The molecule has 94 valence electrons. The SMILES string of the molecule is Nc1cccc(Br)c1SSc1c(N)cccc1Br. The van der Waals surface area contributed by atoms with Crippen molar-refractivity contribution in [2.24, 2.45) is 0 Å². The molecule has 6 heteroatoms. The van der Waals surface area contributed by atoms with E-state index in [2.05, 4.69) is 31.9 Å². The summed E-state index contributed by atoms with van der Waals surface area (Å²) >= 11 is 7.00. The van der Waals surface area contributed by atoms with Crippen LogP contribution >= 0.6 is 53.4 Å². The van der Waals surface area contributed by atoms with Gasteiger partial charge in [-0.2, -0.15) is 0 Å². The second kappa shape index (κ2) is 6.23. The number of hydrogen-bond donors (Lipinski definition) is 2. The maximum absolute atomic E-state index is 5.95. The molecule has 18 heavy (non-hydrogen) atoms. The molecule has 0 bridgehead atoms. The predicted molar refractivity (Wildman–Crippen MR) is 88.8 cm³/mol. The van der Waals surface area contributed by atoms with Crippen LogP contribution in [0.15, 0.2) is 55.1 Å². The van der Waals surface area contributed by atoms with Gasteiger partial charge in [0, 0.05) is 20.3 Å². The molecule has 0 fully saturated rings. The molecule has 0 aromatic heterocycles. The third kappa shape index (κ3) is 3.17. The monoisotopic (exact) mass is 404 g/mol. The van der Waals surface area contributed by atoms with Crippen LogP contribution in [0.3, 0.4) is 0 Å². The van der Waals surface area contributed by atoms with E-state index in [9.17, 15) is 0 Å². The minimum Gasteiger partial charge on any atom is -0.398 e. The standard InChI is InChI=1S/C12H10Br2N2S2/c13-7-3-1-5-9(15)11(7)17-18-12-8(14)4-2-6-10(12)16/h1-6H,15-16H2. The van der Waals surface area contributed by atoms with E-state index >= 15 is 0 Å². The van der Waals surface area contributed by atoms with E-state index in [0.717, 1.165) is 30.1 Å². The number of benzene rings is 2.